The number of aromatic nitrogens is 2. The third-order valence-corrected chi connectivity index (χ3v) is 5.33. The molecule has 21 heavy (non-hydrogen) atoms. The van der Waals surface area contributed by atoms with Gasteiger partial charge in [0.15, 0.2) is 0 Å². The average molecular weight is 374 g/mol. The first-order valence-corrected chi connectivity index (χ1v) is 8.62. The fourth-order valence-electron chi connectivity index (χ4n) is 3.38. The number of hydrogen-bond donors (Lipinski definition) is 0. The Labute approximate surface area is 137 Å². The van der Waals surface area contributed by atoms with Crippen molar-refractivity contribution < 1.29 is 4.39 Å². The van der Waals surface area contributed by atoms with Gasteiger partial charge in [-0.25, -0.2) is 9.37 Å². The summed E-state index contributed by atoms with van der Waals surface area (Å²) >= 11 is 9.53. The smallest absolute Gasteiger partial charge is 0.139 e. The molecule has 2 aromatic rings. The highest BCUT2D eigenvalue weighted by Crippen LogP contribution is 2.41. The van der Waals surface area contributed by atoms with Crippen molar-refractivity contribution in [1.82, 2.24) is 9.55 Å². The Hall–Kier alpha value is -0.610. The van der Waals surface area contributed by atoms with E-state index in [2.05, 4.69) is 32.4 Å². The van der Waals surface area contributed by atoms with E-state index in [4.69, 9.17) is 11.6 Å². The van der Waals surface area contributed by atoms with Gasteiger partial charge in [-0.2, -0.15) is 0 Å². The van der Waals surface area contributed by atoms with Crippen molar-refractivity contribution in [1.29, 1.82) is 0 Å². The highest BCUT2D eigenvalue weighted by Gasteiger charge is 2.31. The summed E-state index contributed by atoms with van der Waals surface area (Å²) in [6, 6.07) is 3.30. The lowest BCUT2D eigenvalue weighted by molar-refractivity contribution is 0.281. The SMILES string of the molecule is CC(Cl)c1nc2cc(Br)c(F)cc2n1CC1(C)CCCC1. The maximum absolute atomic E-state index is 13.9. The molecule has 5 heteroatoms. The third-order valence-electron chi connectivity index (χ3n) is 4.53. The molecular weight excluding hydrogens is 355 g/mol. The van der Waals surface area contributed by atoms with Gasteiger partial charge < -0.3 is 4.57 Å². The van der Waals surface area contributed by atoms with Crippen molar-refractivity contribution in [3.63, 3.8) is 0 Å². The van der Waals surface area contributed by atoms with Crippen LogP contribution in [0.4, 0.5) is 4.39 Å². The van der Waals surface area contributed by atoms with Crippen molar-refractivity contribution >= 4 is 38.6 Å². The van der Waals surface area contributed by atoms with E-state index in [1.165, 1.54) is 25.7 Å². The second-order valence-electron chi connectivity index (χ2n) is 6.44. The van der Waals surface area contributed by atoms with Gasteiger partial charge in [-0.1, -0.05) is 19.8 Å². The summed E-state index contributed by atoms with van der Waals surface area (Å²) in [4.78, 5) is 4.62. The predicted molar refractivity (Wildman–Crippen MR) is 88.2 cm³/mol. The molecule has 1 aromatic heterocycles. The number of benzene rings is 1. The van der Waals surface area contributed by atoms with Crippen molar-refractivity contribution in [3.05, 3.63) is 28.2 Å². The fraction of sp³-hybridized carbons (Fsp3) is 0.562. The molecule has 1 fully saturated rings. The number of hydrogen-bond acceptors (Lipinski definition) is 1. The molecule has 1 heterocycles. The Kier molecular flexibility index (Phi) is 4.04. The predicted octanol–water partition coefficient (Wildman–Crippen LogP) is 5.82. The van der Waals surface area contributed by atoms with Crippen LogP contribution in [0.3, 0.4) is 0 Å². The first-order valence-electron chi connectivity index (χ1n) is 7.39. The van der Waals surface area contributed by atoms with Gasteiger partial charge in [0.25, 0.3) is 0 Å². The fourth-order valence-corrected chi connectivity index (χ4v) is 3.87. The van der Waals surface area contributed by atoms with Crippen LogP contribution in [0.5, 0.6) is 0 Å². The van der Waals surface area contributed by atoms with Crippen LogP contribution in [0.25, 0.3) is 11.0 Å². The van der Waals surface area contributed by atoms with Crippen LogP contribution in [0.15, 0.2) is 16.6 Å². The number of alkyl halides is 1. The lowest BCUT2D eigenvalue weighted by Gasteiger charge is -2.26. The molecule has 0 amide bonds. The first kappa shape index (κ1) is 15.3. The zero-order valence-electron chi connectivity index (χ0n) is 12.3. The summed E-state index contributed by atoms with van der Waals surface area (Å²) < 4.78 is 16.5. The summed E-state index contributed by atoms with van der Waals surface area (Å²) in [5.74, 6) is 0.575. The number of nitrogens with zero attached hydrogens (tertiary/aromatic N) is 2. The molecule has 1 unspecified atom stereocenters. The van der Waals surface area contributed by atoms with Gasteiger partial charge in [-0.15, -0.1) is 11.6 Å². The number of fused-ring (bicyclic) bond motifs is 1. The Morgan fingerprint density at radius 1 is 1.43 bits per heavy atom. The quantitative estimate of drug-likeness (QED) is 0.620. The van der Waals surface area contributed by atoms with Gasteiger partial charge in [-0.05, 0) is 47.2 Å². The molecule has 0 N–H and O–H groups in total. The molecule has 0 spiro atoms. The zero-order chi connectivity index (χ0) is 15.2. The summed E-state index contributed by atoms with van der Waals surface area (Å²) in [6.45, 7) is 5.09. The summed E-state index contributed by atoms with van der Waals surface area (Å²) in [6.07, 6.45) is 4.97. The van der Waals surface area contributed by atoms with Crippen molar-refractivity contribution in [2.75, 3.05) is 0 Å². The van der Waals surface area contributed by atoms with Crippen LogP contribution in [-0.2, 0) is 6.54 Å². The number of halogens is 3. The van der Waals surface area contributed by atoms with Crippen LogP contribution < -0.4 is 0 Å². The van der Waals surface area contributed by atoms with E-state index in [1.54, 1.807) is 12.1 Å². The van der Waals surface area contributed by atoms with Crippen LogP contribution in [-0.4, -0.2) is 9.55 Å². The number of rotatable bonds is 3. The van der Waals surface area contributed by atoms with Gasteiger partial charge >= 0.3 is 0 Å². The Balaban J connectivity index is 2.13. The van der Waals surface area contributed by atoms with Crippen LogP contribution >= 0.6 is 27.5 Å². The van der Waals surface area contributed by atoms with Crippen molar-refractivity contribution in [2.45, 2.75) is 51.5 Å². The third kappa shape index (κ3) is 2.85. The Morgan fingerprint density at radius 3 is 2.71 bits per heavy atom. The van der Waals surface area contributed by atoms with Crippen LogP contribution in [0, 0.1) is 11.2 Å². The highest BCUT2D eigenvalue weighted by atomic mass is 79.9. The van der Waals surface area contributed by atoms with E-state index in [0.29, 0.717) is 4.47 Å². The molecule has 1 atom stereocenters. The van der Waals surface area contributed by atoms with Gasteiger partial charge in [0.1, 0.15) is 11.6 Å². The van der Waals surface area contributed by atoms with Crippen molar-refractivity contribution in [2.24, 2.45) is 5.41 Å². The lowest BCUT2D eigenvalue weighted by atomic mass is 9.88. The lowest BCUT2D eigenvalue weighted by Crippen LogP contribution is -2.21. The van der Waals surface area contributed by atoms with E-state index in [0.717, 1.165) is 23.4 Å². The second kappa shape index (κ2) is 5.54. The topological polar surface area (TPSA) is 17.8 Å². The molecule has 0 aliphatic heterocycles. The molecule has 0 radical (unpaired) electrons. The van der Waals surface area contributed by atoms with Crippen LogP contribution in [0.1, 0.15) is 50.7 Å². The Bertz CT molecular complexity index is 674. The molecule has 0 bridgehead atoms. The summed E-state index contributed by atoms with van der Waals surface area (Å²) in [5.41, 5.74) is 1.90. The summed E-state index contributed by atoms with van der Waals surface area (Å²) in [5, 5.41) is -0.191. The van der Waals surface area contributed by atoms with Gasteiger partial charge in [0.05, 0.1) is 20.9 Å². The largest absolute Gasteiger partial charge is 0.326 e. The maximum atomic E-state index is 13.9. The minimum atomic E-state index is -0.256. The molecule has 2 nitrogen and oxygen atoms in total. The first-order chi connectivity index (χ1) is 9.89. The van der Waals surface area contributed by atoms with E-state index in [1.807, 2.05) is 6.92 Å². The van der Waals surface area contributed by atoms with E-state index < -0.39 is 0 Å². The van der Waals surface area contributed by atoms with E-state index in [-0.39, 0.29) is 16.6 Å². The van der Waals surface area contributed by atoms with Gasteiger partial charge in [0.2, 0.25) is 0 Å². The Morgan fingerprint density at radius 2 is 2.10 bits per heavy atom. The molecule has 1 aromatic carbocycles. The van der Waals surface area contributed by atoms with E-state index in [9.17, 15) is 4.39 Å². The van der Waals surface area contributed by atoms with Crippen LogP contribution in [0.2, 0.25) is 0 Å². The molecule has 3 rings (SSSR count). The minimum Gasteiger partial charge on any atom is -0.326 e. The monoisotopic (exact) mass is 372 g/mol. The normalized spacial score (nSPS) is 19.3. The molecule has 1 aliphatic carbocycles. The van der Waals surface area contributed by atoms with Crippen molar-refractivity contribution in [3.8, 4) is 0 Å². The van der Waals surface area contributed by atoms with Gasteiger partial charge in [0, 0.05) is 12.6 Å². The highest BCUT2D eigenvalue weighted by molar-refractivity contribution is 9.10. The minimum absolute atomic E-state index is 0.191. The number of imidazole rings is 1. The summed E-state index contributed by atoms with van der Waals surface area (Å²) in [7, 11) is 0. The molecule has 1 saturated carbocycles. The van der Waals surface area contributed by atoms with E-state index >= 15 is 0 Å². The second-order valence-corrected chi connectivity index (χ2v) is 7.95. The molecule has 1 aliphatic rings. The molecular formula is C16H19BrClFN2. The standard InChI is InChI=1S/C16H19BrClFN2/c1-10(18)15-20-13-7-11(17)12(19)8-14(13)21(15)9-16(2)5-3-4-6-16/h7-8,10H,3-6,9H2,1-2H3. The van der Waals surface area contributed by atoms with Gasteiger partial charge in [-0.3, -0.25) is 0 Å². The zero-order valence-corrected chi connectivity index (χ0v) is 14.6. The maximum Gasteiger partial charge on any atom is 0.139 e. The molecule has 0 saturated heterocycles. The average Bonchev–Trinajstić information content (AvgIpc) is 2.97. The molecule has 114 valence electrons.